The summed E-state index contributed by atoms with van der Waals surface area (Å²) in [6.07, 6.45) is 8.62. The minimum atomic E-state index is -1.50. The Morgan fingerprint density at radius 1 is 0.958 bits per heavy atom. The van der Waals surface area contributed by atoms with Gasteiger partial charge in [0.25, 0.3) is 0 Å². The predicted octanol–water partition coefficient (Wildman–Crippen LogP) is 5.27. The highest BCUT2D eigenvalue weighted by Crippen LogP contribution is 2.51. The lowest BCUT2D eigenvalue weighted by Crippen LogP contribution is -2.37. The van der Waals surface area contributed by atoms with Gasteiger partial charge in [-0.1, -0.05) is 31.1 Å². The molecule has 1 aliphatic heterocycles. The summed E-state index contributed by atoms with van der Waals surface area (Å²) in [7, 11) is 3.95. The number of methoxy groups -OCH3 is 3. The second kappa shape index (κ2) is 11.7. The Morgan fingerprint density at radius 3 is 1.75 bits per heavy atom. The highest BCUT2D eigenvalue weighted by molar-refractivity contribution is 8.06. The van der Waals surface area contributed by atoms with Gasteiger partial charge in [-0.2, -0.15) is 0 Å². The maximum atomic E-state index is 5.36. The molecular weight excluding hydrogens is 336 g/mol. The Labute approximate surface area is 154 Å². The van der Waals surface area contributed by atoms with Crippen molar-refractivity contribution in [1.82, 2.24) is 0 Å². The molecule has 1 heterocycles. The van der Waals surface area contributed by atoms with Gasteiger partial charge in [-0.25, -0.2) is 0 Å². The summed E-state index contributed by atoms with van der Waals surface area (Å²) < 4.78 is 18.3. The summed E-state index contributed by atoms with van der Waals surface area (Å²) in [6.45, 7) is 7.40. The minimum Gasteiger partial charge on any atom is -0.385 e. The molecule has 0 aromatic rings. The van der Waals surface area contributed by atoms with Crippen molar-refractivity contribution < 1.29 is 14.2 Å². The molecule has 0 spiro atoms. The number of ether oxygens (including phenoxy) is 3. The summed E-state index contributed by atoms with van der Waals surface area (Å²) in [4.78, 5) is 0. The molecule has 0 saturated carbocycles. The maximum absolute atomic E-state index is 5.36. The Bertz CT molecular complexity index is 349. The van der Waals surface area contributed by atoms with Crippen molar-refractivity contribution >= 4 is 19.8 Å². The molecule has 1 unspecified atom stereocenters. The van der Waals surface area contributed by atoms with Crippen LogP contribution in [0.5, 0.6) is 0 Å². The number of rotatable bonds is 14. The van der Waals surface area contributed by atoms with E-state index in [-0.39, 0.29) is 0 Å². The molecule has 1 atom stereocenters. The molecular formula is C19H38O3SSi. The summed E-state index contributed by atoms with van der Waals surface area (Å²) in [6, 6.07) is 4.02. The quantitative estimate of drug-likeness (QED) is 0.306. The van der Waals surface area contributed by atoms with Crippen molar-refractivity contribution in [1.29, 1.82) is 0 Å². The van der Waals surface area contributed by atoms with Crippen LogP contribution >= 0.6 is 11.8 Å². The van der Waals surface area contributed by atoms with Crippen molar-refractivity contribution in [2.24, 2.45) is 0 Å². The van der Waals surface area contributed by atoms with Gasteiger partial charge in [-0.05, 0) is 43.6 Å². The monoisotopic (exact) mass is 374 g/mol. The lowest BCUT2D eigenvalue weighted by atomic mass is 10.1. The van der Waals surface area contributed by atoms with Crippen molar-refractivity contribution in [2.45, 2.75) is 68.8 Å². The van der Waals surface area contributed by atoms with E-state index in [1.165, 1.54) is 50.2 Å². The first-order chi connectivity index (χ1) is 11.6. The summed E-state index contributed by atoms with van der Waals surface area (Å²) in [5.41, 5.74) is 0. The van der Waals surface area contributed by atoms with Crippen LogP contribution in [0.25, 0.3) is 0 Å². The smallest absolute Gasteiger partial charge is 0.0947 e. The van der Waals surface area contributed by atoms with Crippen molar-refractivity contribution in [3.05, 3.63) is 10.6 Å². The third kappa shape index (κ3) is 6.83. The van der Waals surface area contributed by atoms with E-state index in [1.807, 2.05) is 21.3 Å². The molecule has 24 heavy (non-hydrogen) atoms. The van der Waals surface area contributed by atoms with E-state index >= 15 is 0 Å². The Kier molecular flexibility index (Phi) is 10.9. The Balaban J connectivity index is 2.90. The molecule has 0 aromatic carbocycles. The van der Waals surface area contributed by atoms with Gasteiger partial charge in [0.2, 0.25) is 0 Å². The molecule has 142 valence electrons. The van der Waals surface area contributed by atoms with E-state index in [0.29, 0.717) is 4.75 Å². The van der Waals surface area contributed by atoms with Gasteiger partial charge in [-0.15, -0.1) is 11.8 Å². The Hall–Kier alpha value is 0.187. The van der Waals surface area contributed by atoms with Crippen molar-refractivity contribution in [3.8, 4) is 0 Å². The van der Waals surface area contributed by atoms with E-state index in [1.54, 1.807) is 4.53 Å². The average Bonchev–Trinajstić information content (AvgIpc) is 2.99. The van der Waals surface area contributed by atoms with E-state index in [2.05, 4.69) is 31.7 Å². The zero-order valence-corrected chi connectivity index (χ0v) is 18.3. The summed E-state index contributed by atoms with van der Waals surface area (Å²) in [5.74, 6) is 0. The standard InChI is InChI=1S/C19H38O3SSi/c1-6-19(2)11-10-18(23-19)24(15-7-12-20-3,16-8-13-21-4)17-9-14-22-5/h10H,6-9,11-17H2,1-5H3. The lowest BCUT2D eigenvalue weighted by molar-refractivity contribution is 0.195. The largest absolute Gasteiger partial charge is 0.385 e. The molecule has 5 heteroatoms. The molecule has 0 aromatic heterocycles. The van der Waals surface area contributed by atoms with Crippen LogP contribution in [0.15, 0.2) is 10.6 Å². The highest BCUT2D eigenvalue weighted by Gasteiger charge is 2.42. The van der Waals surface area contributed by atoms with Crippen molar-refractivity contribution in [2.75, 3.05) is 41.2 Å². The van der Waals surface area contributed by atoms with Gasteiger partial charge in [-0.3, -0.25) is 0 Å². The highest BCUT2D eigenvalue weighted by atomic mass is 32.2. The first-order valence-electron chi connectivity index (χ1n) is 9.42. The fraction of sp³-hybridized carbons (Fsp3) is 0.895. The second-order valence-corrected chi connectivity index (χ2v) is 13.8. The van der Waals surface area contributed by atoms with Gasteiger partial charge in [0.1, 0.15) is 0 Å². The third-order valence-corrected chi connectivity index (χ3v) is 13.5. The fourth-order valence-corrected chi connectivity index (χ4v) is 11.6. The van der Waals surface area contributed by atoms with E-state index in [9.17, 15) is 0 Å². The molecule has 0 aliphatic carbocycles. The molecule has 0 bridgehead atoms. The van der Waals surface area contributed by atoms with Crippen LogP contribution in [0.3, 0.4) is 0 Å². The molecule has 3 nitrogen and oxygen atoms in total. The van der Waals surface area contributed by atoms with Gasteiger partial charge in [0.05, 0.1) is 8.07 Å². The minimum absolute atomic E-state index is 0.414. The maximum Gasteiger partial charge on any atom is 0.0947 e. The number of thioether (sulfide) groups is 1. The number of allylic oxidation sites excluding steroid dienone is 1. The van der Waals surface area contributed by atoms with Crippen LogP contribution in [0.2, 0.25) is 18.1 Å². The van der Waals surface area contributed by atoms with Gasteiger partial charge in [0, 0.05) is 45.9 Å². The molecule has 0 N–H and O–H groups in total. The van der Waals surface area contributed by atoms with Crippen molar-refractivity contribution in [3.63, 3.8) is 0 Å². The fourth-order valence-electron chi connectivity index (χ4n) is 3.61. The third-order valence-electron chi connectivity index (χ3n) is 5.36. The van der Waals surface area contributed by atoms with E-state index in [4.69, 9.17) is 14.2 Å². The van der Waals surface area contributed by atoms with Crippen LogP contribution in [-0.2, 0) is 14.2 Å². The molecule has 0 amide bonds. The van der Waals surface area contributed by atoms with Crippen LogP contribution in [0, 0.1) is 0 Å². The van der Waals surface area contributed by atoms with Crippen LogP contribution in [0.4, 0.5) is 0 Å². The van der Waals surface area contributed by atoms with Gasteiger partial charge >= 0.3 is 0 Å². The van der Waals surface area contributed by atoms with Crippen LogP contribution < -0.4 is 0 Å². The molecule has 1 rings (SSSR count). The summed E-state index contributed by atoms with van der Waals surface area (Å²) >= 11 is 2.19. The summed E-state index contributed by atoms with van der Waals surface area (Å²) in [5, 5.41) is 0. The van der Waals surface area contributed by atoms with E-state index in [0.717, 1.165) is 19.8 Å². The first-order valence-corrected chi connectivity index (χ1v) is 12.9. The van der Waals surface area contributed by atoms with E-state index < -0.39 is 8.07 Å². The first kappa shape index (κ1) is 22.2. The topological polar surface area (TPSA) is 27.7 Å². The Morgan fingerprint density at radius 2 is 1.42 bits per heavy atom. The second-order valence-electron chi connectivity index (χ2n) is 7.25. The predicted molar refractivity (Wildman–Crippen MR) is 109 cm³/mol. The van der Waals surface area contributed by atoms with Gasteiger partial charge in [0.15, 0.2) is 0 Å². The molecule has 0 radical (unpaired) electrons. The molecule has 0 fully saturated rings. The van der Waals surface area contributed by atoms with Gasteiger partial charge < -0.3 is 14.2 Å². The zero-order chi connectivity index (χ0) is 17.9. The van der Waals surface area contributed by atoms with Crippen LogP contribution in [0.1, 0.15) is 46.0 Å². The average molecular weight is 375 g/mol. The molecule has 1 aliphatic rings. The number of hydrogen-bond donors (Lipinski definition) is 0. The normalized spacial score (nSPS) is 21.3. The SMILES string of the molecule is CCC1(C)CC=C([Si](CCCOC)(CCCOC)CCCOC)S1. The zero-order valence-electron chi connectivity index (χ0n) is 16.5. The van der Waals surface area contributed by atoms with Crippen LogP contribution in [-0.4, -0.2) is 54.0 Å². The lowest BCUT2D eigenvalue weighted by Gasteiger charge is -2.35. The number of hydrogen-bond acceptors (Lipinski definition) is 4. The molecule has 0 saturated heterocycles.